The Bertz CT molecular complexity index is 336. The summed E-state index contributed by atoms with van der Waals surface area (Å²) in [4.78, 5) is 4.03. The van der Waals surface area contributed by atoms with Crippen LogP contribution in [0.25, 0.3) is 0 Å². The van der Waals surface area contributed by atoms with Crippen molar-refractivity contribution in [3.63, 3.8) is 0 Å². The number of halogens is 1. The second-order valence-electron chi connectivity index (χ2n) is 3.22. The van der Waals surface area contributed by atoms with Gasteiger partial charge in [-0.1, -0.05) is 0 Å². The first-order chi connectivity index (χ1) is 6.17. The molecule has 0 saturated carbocycles. The van der Waals surface area contributed by atoms with Gasteiger partial charge in [-0.25, -0.2) is 0 Å². The van der Waals surface area contributed by atoms with E-state index in [0.717, 1.165) is 22.4 Å². The average Bonchev–Trinajstić information content (AvgIpc) is 2.84. The minimum atomic E-state index is -0.187. The summed E-state index contributed by atoms with van der Waals surface area (Å²) in [5, 5.41) is 0. The van der Waals surface area contributed by atoms with Crippen LogP contribution in [-0.2, 0) is 10.3 Å². The van der Waals surface area contributed by atoms with Crippen LogP contribution in [0.1, 0.15) is 12.5 Å². The molecule has 2 heterocycles. The molecular weight excluding hydrogens is 234 g/mol. The molecule has 1 saturated heterocycles. The number of hydrogen-bond acceptors (Lipinski definition) is 3. The van der Waals surface area contributed by atoms with Gasteiger partial charge in [-0.15, -0.1) is 0 Å². The van der Waals surface area contributed by atoms with Gasteiger partial charge in [0.25, 0.3) is 0 Å². The van der Waals surface area contributed by atoms with Gasteiger partial charge in [-0.05, 0) is 22.9 Å². The van der Waals surface area contributed by atoms with Crippen LogP contribution in [0.4, 0.5) is 0 Å². The molecule has 0 N–H and O–H groups in total. The molecule has 4 heteroatoms. The molecule has 1 unspecified atom stereocenters. The van der Waals surface area contributed by atoms with Crippen LogP contribution in [0.5, 0.6) is 5.75 Å². The summed E-state index contributed by atoms with van der Waals surface area (Å²) in [6, 6.07) is 0. The number of rotatable bonds is 2. The van der Waals surface area contributed by atoms with E-state index >= 15 is 0 Å². The lowest BCUT2D eigenvalue weighted by molar-refractivity contribution is 0.314. The molecule has 0 bridgehead atoms. The number of pyridine rings is 1. The molecule has 0 spiro atoms. The fourth-order valence-corrected chi connectivity index (χ4v) is 2.07. The maximum atomic E-state index is 5.37. The first-order valence-electron chi connectivity index (χ1n) is 3.99. The summed E-state index contributed by atoms with van der Waals surface area (Å²) in [6.45, 7) is 2.78. The second-order valence-corrected chi connectivity index (χ2v) is 4.07. The molecule has 0 radical (unpaired) electrons. The van der Waals surface area contributed by atoms with E-state index in [9.17, 15) is 0 Å². The zero-order valence-electron chi connectivity index (χ0n) is 7.50. The largest absolute Gasteiger partial charge is 0.495 e. The molecule has 1 aliphatic rings. The third kappa shape index (κ3) is 1.44. The molecule has 70 valence electrons. The second kappa shape index (κ2) is 2.96. The van der Waals surface area contributed by atoms with E-state index in [4.69, 9.17) is 9.47 Å². The van der Waals surface area contributed by atoms with E-state index in [1.54, 1.807) is 19.5 Å². The zero-order chi connectivity index (χ0) is 9.47. The Labute approximate surface area is 85.2 Å². The Hall–Kier alpha value is -0.610. The van der Waals surface area contributed by atoms with Gasteiger partial charge in [0, 0.05) is 16.2 Å². The lowest BCUT2D eigenvalue weighted by Gasteiger charge is -2.12. The number of nitrogens with zero attached hydrogens (tertiary/aromatic N) is 1. The highest BCUT2D eigenvalue weighted by Crippen LogP contribution is 2.45. The molecule has 1 fully saturated rings. The number of methoxy groups -OCH3 is 1. The molecule has 1 atom stereocenters. The quantitative estimate of drug-likeness (QED) is 0.747. The predicted octanol–water partition coefficient (Wildman–Crippen LogP) is 2.10. The molecule has 13 heavy (non-hydrogen) atoms. The fourth-order valence-electron chi connectivity index (χ4n) is 1.34. The predicted molar refractivity (Wildman–Crippen MR) is 51.8 cm³/mol. The first-order valence-corrected chi connectivity index (χ1v) is 4.78. The SMILES string of the molecule is COc1cncc(Br)c1C1(C)CO1. The van der Waals surface area contributed by atoms with Gasteiger partial charge in [0.05, 0.1) is 19.9 Å². The van der Waals surface area contributed by atoms with Gasteiger partial charge in [-0.3, -0.25) is 4.98 Å². The number of hydrogen-bond donors (Lipinski definition) is 0. The molecule has 3 nitrogen and oxygen atoms in total. The van der Waals surface area contributed by atoms with Crippen molar-refractivity contribution in [1.29, 1.82) is 0 Å². The van der Waals surface area contributed by atoms with E-state index in [-0.39, 0.29) is 5.60 Å². The number of ether oxygens (including phenoxy) is 2. The topological polar surface area (TPSA) is 34.6 Å². The van der Waals surface area contributed by atoms with Crippen molar-refractivity contribution in [2.75, 3.05) is 13.7 Å². The lowest BCUT2D eigenvalue weighted by Crippen LogP contribution is -2.06. The normalized spacial score (nSPS) is 25.8. The highest BCUT2D eigenvalue weighted by molar-refractivity contribution is 9.10. The van der Waals surface area contributed by atoms with Crippen molar-refractivity contribution < 1.29 is 9.47 Å². The summed E-state index contributed by atoms with van der Waals surface area (Å²) in [5.41, 5.74) is 0.859. The average molecular weight is 244 g/mol. The van der Waals surface area contributed by atoms with Crippen LogP contribution < -0.4 is 4.74 Å². The van der Waals surface area contributed by atoms with E-state index in [1.807, 2.05) is 6.92 Å². The van der Waals surface area contributed by atoms with Crippen molar-refractivity contribution in [3.05, 3.63) is 22.4 Å². The van der Waals surface area contributed by atoms with Crippen LogP contribution in [0.15, 0.2) is 16.9 Å². The van der Waals surface area contributed by atoms with Crippen LogP contribution in [0, 0.1) is 0 Å². The summed E-state index contributed by atoms with van der Waals surface area (Å²) in [5.74, 6) is 0.773. The van der Waals surface area contributed by atoms with Crippen molar-refractivity contribution in [2.45, 2.75) is 12.5 Å². The van der Waals surface area contributed by atoms with Crippen molar-refractivity contribution in [1.82, 2.24) is 4.98 Å². The molecule has 1 aromatic rings. The molecule has 0 amide bonds. The number of epoxide rings is 1. The summed E-state index contributed by atoms with van der Waals surface area (Å²) in [7, 11) is 1.64. The molecule has 1 aromatic heterocycles. The van der Waals surface area contributed by atoms with Crippen LogP contribution in [0.2, 0.25) is 0 Å². The molecular formula is C9H10BrNO2. The van der Waals surface area contributed by atoms with Gasteiger partial charge >= 0.3 is 0 Å². The Morgan fingerprint density at radius 3 is 2.85 bits per heavy atom. The summed E-state index contributed by atoms with van der Waals surface area (Å²) in [6.07, 6.45) is 3.46. The van der Waals surface area contributed by atoms with Gasteiger partial charge in [0.2, 0.25) is 0 Å². The lowest BCUT2D eigenvalue weighted by atomic mass is 10.0. The summed E-state index contributed by atoms with van der Waals surface area (Å²) < 4.78 is 11.5. The highest BCUT2D eigenvalue weighted by atomic mass is 79.9. The minimum absolute atomic E-state index is 0.187. The summed E-state index contributed by atoms with van der Waals surface area (Å²) >= 11 is 3.44. The maximum Gasteiger partial charge on any atom is 0.144 e. The highest BCUT2D eigenvalue weighted by Gasteiger charge is 2.45. The van der Waals surface area contributed by atoms with Crippen molar-refractivity contribution in [3.8, 4) is 5.75 Å². The van der Waals surface area contributed by atoms with Gasteiger partial charge < -0.3 is 9.47 Å². The van der Waals surface area contributed by atoms with Gasteiger partial charge in [-0.2, -0.15) is 0 Å². The monoisotopic (exact) mass is 243 g/mol. The standard InChI is InChI=1S/C9H10BrNO2/c1-9(5-13-9)8-6(10)3-11-4-7(8)12-2/h3-4H,5H2,1-2H3. The third-order valence-electron chi connectivity index (χ3n) is 2.19. The fraction of sp³-hybridized carbons (Fsp3) is 0.444. The maximum absolute atomic E-state index is 5.37. The molecule has 0 aliphatic carbocycles. The Morgan fingerprint density at radius 2 is 2.31 bits per heavy atom. The number of aromatic nitrogens is 1. The Morgan fingerprint density at radius 1 is 1.62 bits per heavy atom. The Balaban J connectivity index is 2.52. The first kappa shape index (κ1) is 8.97. The molecule has 0 aromatic carbocycles. The third-order valence-corrected chi connectivity index (χ3v) is 2.79. The van der Waals surface area contributed by atoms with Crippen LogP contribution >= 0.6 is 15.9 Å². The van der Waals surface area contributed by atoms with E-state index in [0.29, 0.717) is 0 Å². The van der Waals surface area contributed by atoms with Gasteiger partial charge in [0.1, 0.15) is 11.4 Å². The van der Waals surface area contributed by atoms with Crippen molar-refractivity contribution in [2.24, 2.45) is 0 Å². The Kier molecular flexibility index (Phi) is 2.04. The smallest absolute Gasteiger partial charge is 0.144 e. The van der Waals surface area contributed by atoms with E-state index in [2.05, 4.69) is 20.9 Å². The van der Waals surface area contributed by atoms with E-state index in [1.165, 1.54) is 0 Å². The van der Waals surface area contributed by atoms with Crippen molar-refractivity contribution >= 4 is 15.9 Å². The molecule has 1 aliphatic heterocycles. The minimum Gasteiger partial charge on any atom is -0.495 e. The zero-order valence-corrected chi connectivity index (χ0v) is 9.09. The van der Waals surface area contributed by atoms with Crippen LogP contribution in [0.3, 0.4) is 0 Å². The molecule has 2 rings (SSSR count). The van der Waals surface area contributed by atoms with Gasteiger partial charge in [0.15, 0.2) is 0 Å². The van der Waals surface area contributed by atoms with E-state index < -0.39 is 0 Å². The van der Waals surface area contributed by atoms with Crippen LogP contribution in [-0.4, -0.2) is 18.7 Å².